The number of nitrogens with one attached hydrogen (secondary N) is 2. The van der Waals surface area contributed by atoms with E-state index in [9.17, 15) is 9.36 Å². The molecule has 0 aromatic heterocycles. The first-order valence-electron chi connectivity index (χ1n) is 17.6. The molecule has 19 heteroatoms. The van der Waals surface area contributed by atoms with Gasteiger partial charge in [-0.05, 0) is 22.3 Å². The van der Waals surface area contributed by atoms with E-state index in [1.54, 1.807) is 72.8 Å². The van der Waals surface area contributed by atoms with E-state index in [1.807, 2.05) is 48.5 Å². The smallest absolute Gasteiger partial charge is 0.446 e. The van der Waals surface area contributed by atoms with E-state index in [4.69, 9.17) is 112 Å². The molecule has 0 spiro atoms. The highest BCUT2D eigenvalue weighted by molar-refractivity contribution is 7.48. The molecule has 0 saturated carbocycles. The van der Waals surface area contributed by atoms with Gasteiger partial charge in [0.1, 0.15) is 31.0 Å². The Kier molecular flexibility index (Phi) is 17.8. The fourth-order valence-electron chi connectivity index (χ4n) is 5.46. The maximum absolute atomic E-state index is 14.9. The van der Waals surface area contributed by atoms with Crippen molar-refractivity contribution < 1.29 is 46.6 Å². The number of carbonyl (C=O) groups is 1. The van der Waals surface area contributed by atoms with Crippen LogP contribution in [0.3, 0.4) is 0 Å². The maximum Gasteiger partial charge on any atom is 0.475 e. The van der Waals surface area contributed by atoms with Gasteiger partial charge in [-0.3, -0.25) is 19.0 Å². The van der Waals surface area contributed by atoms with Crippen LogP contribution in [0.1, 0.15) is 22.3 Å². The summed E-state index contributed by atoms with van der Waals surface area (Å²) in [7, 11) is -4.61. The summed E-state index contributed by atoms with van der Waals surface area (Å²) in [5.74, 6) is -0.864. The van der Waals surface area contributed by atoms with Crippen LogP contribution < -0.4 is 5.32 Å². The number of phosphoric acid groups is 1. The zero-order valence-corrected chi connectivity index (χ0v) is 35.9. The molecule has 1 aliphatic heterocycles. The Morgan fingerprint density at radius 1 is 0.690 bits per heavy atom. The molecule has 1 unspecified atom stereocenters. The van der Waals surface area contributed by atoms with Crippen LogP contribution in [0.4, 0.5) is 4.79 Å². The number of alkyl carbamates (subject to hydrolysis) is 1. The fraction of sp³-hybridized carbons (Fsp3) is 0.333. The molecule has 5 atom stereocenters. The second kappa shape index (κ2) is 22.3. The average Bonchev–Trinajstić information content (AvgIpc) is 3.20. The van der Waals surface area contributed by atoms with Crippen LogP contribution in [-0.2, 0) is 68.2 Å². The summed E-state index contributed by atoms with van der Waals surface area (Å²) in [5.41, 5.74) is 2.88. The van der Waals surface area contributed by atoms with Crippen molar-refractivity contribution in [2.24, 2.45) is 0 Å². The first-order valence-corrected chi connectivity index (χ1v) is 21.3. The van der Waals surface area contributed by atoms with Crippen LogP contribution >= 0.6 is 77.4 Å². The van der Waals surface area contributed by atoms with Crippen molar-refractivity contribution in [1.82, 2.24) is 5.32 Å². The molecule has 2 N–H and O–H groups in total. The molecule has 1 fully saturated rings. The van der Waals surface area contributed by atoms with E-state index < -0.39 is 64.6 Å². The minimum absolute atomic E-state index is 0.0843. The van der Waals surface area contributed by atoms with Gasteiger partial charge in [0, 0.05) is 0 Å². The Bertz CT molecular complexity index is 1870. The van der Waals surface area contributed by atoms with Crippen molar-refractivity contribution in [3.63, 3.8) is 0 Å². The predicted molar refractivity (Wildman–Crippen MR) is 222 cm³/mol. The SMILES string of the molecule is N=C(OC1O[C@H](COCc2ccccc2)[C@@H](OP(=O)(OCc2ccccc2)OCc2ccccc2)[C@H](OCc2ccccc2)[C@H]1NC(=O)OCC(Cl)(Cl)Cl)C(Cl)(Cl)Cl. The Labute approximate surface area is 366 Å². The van der Waals surface area contributed by atoms with Gasteiger partial charge in [-0.25, -0.2) is 9.36 Å². The summed E-state index contributed by atoms with van der Waals surface area (Å²) in [5, 5.41) is 11.0. The number of halogens is 6. The van der Waals surface area contributed by atoms with Gasteiger partial charge in [-0.1, -0.05) is 191 Å². The van der Waals surface area contributed by atoms with Crippen LogP contribution in [0, 0.1) is 5.41 Å². The van der Waals surface area contributed by atoms with E-state index in [0.29, 0.717) is 16.7 Å². The Balaban J connectivity index is 1.56. The van der Waals surface area contributed by atoms with Gasteiger partial charge in [-0.2, -0.15) is 0 Å². The third kappa shape index (κ3) is 15.4. The largest absolute Gasteiger partial charge is 0.475 e. The van der Waals surface area contributed by atoms with E-state index in [2.05, 4.69) is 5.32 Å². The number of hydrogen-bond donors (Lipinski definition) is 2. The van der Waals surface area contributed by atoms with Crippen molar-refractivity contribution in [2.75, 3.05) is 13.2 Å². The van der Waals surface area contributed by atoms with E-state index in [1.165, 1.54) is 0 Å². The van der Waals surface area contributed by atoms with Crippen LogP contribution in [-0.4, -0.2) is 63.4 Å². The number of amides is 1. The number of alkyl halides is 6. The minimum atomic E-state index is -4.61. The lowest BCUT2D eigenvalue weighted by molar-refractivity contribution is -0.259. The van der Waals surface area contributed by atoms with Crippen LogP contribution in [0.2, 0.25) is 0 Å². The fourth-order valence-corrected chi connectivity index (χ4v) is 7.12. The lowest BCUT2D eigenvalue weighted by Crippen LogP contribution is -2.66. The molecule has 4 aromatic rings. The van der Waals surface area contributed by atoms with E-state index >= 15 is 0 Å². The Hall–Kier alpha value is -2.65. The third-order valence-electron chi connectivity index (χ3n) is 8.18. The van der Waals surface area contributed by atoms with E-state index in [0.717, 1.165) is 5.56 Å². The summed E-state index contributed by atoms with van der Waals surface area (Å²) >= 11 is 35.7. The highest BCUT2D eigenvalue weighted by Crippen LogP contribution is 2.54. The molecule has 0 aliphatic carbocycles. The highest BCUT2D eigenvalue weighted by atomic mass is 35.6. The first-order chi connectivity index (χ1) is 27.7. The van der Waals surface area contributed by atoms with Gasteiger partial charge in [0.25, 0.3) is 3.79 Å². The normalized spacial score (nSPS) is 19.9. The number of hydrogen-bond acceptors (Lipinski definition) is 11. The summed E-state index contributed by atoms with van der Waals surface area (Å²) in [6.45, 7) is -1.22. The predicted octanol–water partition coefficient (Wildman–Crippen LogP) is 10.3. The monoisotopic (exact) mass is 936 g/mol. The summed E-state index contributed by atoms with van der Waals surface area (Å²) in [6.07, 6.45) is -6.81. The first kappa shape index (κ1) is 46.4. The molecule has 0 bridgehead atoms. The quantitative estimate of drug-likeness (QED) is 0.0428. The highest BCUT2D eigenvalue weighted by Gasteiger charge is 2.53. The Morgan fingerprint density at radius 3 is 1.62 bits per heavy atom. The van der Waals surface area contributed by atoms with Gasteiger partial charge >= 0.3 is 13.9 Å². The second-order valence-electron chi connectivity index (χ2n) is 12.6. The van der Waals surface area contributed by atoms with Crippen molar-refractivity contribution in [3.05, 3.63) is 144 Å². The summed E-state index contributed by atoms with van der Waals surface area (Å²) in [6, 6.07) is 34.8. The van der Waals surface area contributed by atoms with Gasteiger partial charge in [0.2, 0.25) is 16.0 Å². The van der Waals surface area contributed by atoms with Crippen molar-refractivity contribution in [3.8, 4) is 0 Å². The molecule has 58 heavy (non-hydrogen) atoms. The molecule has 1 saturated heterocycles. The molecular weight excluding hydrogens is 900 g/mol. The molecule has 1 aliphatic rings. The Morgan fingerprint density at radius 2 is 1.16 bits per heavy atom. The minimum Gasteiger partial charge on any atom is -0.446 e. The van der Waals surface area contributed by atoms with Crippen molar-refractivity contribution in [2.45, 2.75) is 64.7 Å². The summed E-state index contributed by atoms with van der Waals surface area (Å²) in [4.78, 5) is 13.3. The average molecular weight is 939 g/mol. The number of phosphoric ester groups is 1. The van der Waals surface area contributed by atoms with Crippen LogP contribution in [0.15, 0.2) is 121 Å². The third-order valence-corrected chi connectivity index (χ3v) is 10.4. The lowest BCUT2D eigenvalue weighted by Gasteiger charge is -2.46. The second-order valence-corrected chi connectivity index (χ2v) is 19.1. The summed E-state index contributed by atoms with van der Waals surface area (Å²) < 4.78 is 58.9. The number of rotatable bonds is 18. The molecule has 12 nitrogen and oxygen atoms in total. The zero-order chi connectivity index (χ0) is 41.6. The zero-order valence-electron chi connectivity index (χ0n) is 30.5. The molecule has 1 amide bonds. The van der Waals surface area contributed by atoms with Gasteiger partial charge < -0.3 is 29.0 Å². The molecule has 5 rings (SSSR count). The van der Waals surface area contributed by atoms with Gasteiger partial charge in [0.15, 0.2) is 0 Å². The van der Waals surface area contributed by atoms with Crippen molar-refractivity contribution >= 4 is 89.4 Å². The number of carbonyl (C=O) groups excluding carboxylic acids is 1. The van der Waals surface area contributed by atoms with Crippen LogP contribution in [0.25, 0.3) is 0 Å². The standard InChI is InChI=1S/C39H39Cl6N2O10P/c40-38(41,42)26-52-37(48)47-32-34(51-22-28-15-7-2-8-16-28)33(31(25-50-21-27-13-5-1-6-14-27)55-35(32)56-36(46)39(43,44)45)57-58(49,53-23-29-17-9-3-10-18-29)54-24-30-19-11-4-12-20-30/h1-20,31-35,46H,21-26H2,(H,47,48)/t31-,32-,33-,34-,35?/m1/s1. The van der Waals surface area contributed by atoms with Gasteiger partial charge in [0.05, 0.1) is 33.0 Å². The molecule has 4 aromatic carbocycles. The number of benzene rings is 4. The lowest BCUT2D eigenvalue weighted by atomic mass is 9.96. The maximum atomic E-state index is 14.9. The topological polar surface area (TPSA) is 144 Å². The number of ether oxygens (including phenoxy) is 5. The van der Waals surface area contributed by atoms with E-state index in [-0.39, 0.29) is 33.0 Å². The van der Waals surface area contributed by atoms with Crippen LogP contribution in [0.5, 0.6) is 0 Å². The molecular formula is C39H39Cl6N2O10P. The van der Waals surface area contributed by atoms with Crippen molar-refractivity contribution in [1.29, 1.82) is 5.41 Å². The molecule has 1 heterocycles. The van der Waals surface area contributed by atoms with Gasteiger partial charge in [-0.15, -0.1) is 0 Å². The molecule has 312 valence electrons. The molecule has 0 radical (unpaired) electrons.